The van der Waals surface area contributed by atoms with E-state index in [4.69, 9.17) is 14.5 Å². The molecule has 0 heterocycles. The second-order valence-electron chi connectivity index (χ2n) is 9.41. The number of benzene rings is 3. The molecule has 0 spiro atoms. The molecule has 0 aromatic heterocycles. The Kier molecular flexibility index (Phi) is 9.91. The first-order valence-electron chi connectivity index (χ1n) is 12.1. The highest BCUT2D eigenvalue weighted by atomic mass is 31.2. The van der Waals surface area contributed by atoms with Crippen LogP contribution >= 0.6 is 7.82 Å². The molecule has 6 nitrogen and oxygen atoms in total. The number of allylic oxidation sites excluding steroid dienone is 2. The van der Waals surface area contributed by atoms with Crippen molar-refractivity contribution in [3.8, 4) is 11.5 Å². The standard InChI is InChI=1S/C29H36NO5P/c1-22(2)25-11-13-26(14-12-25)27(21-24-8-17-29(18-9-24)35-36(31,32)33)10-5-23-6-15-28(16-7-23)34-20-19-30(3)4/h6-18,22H,5,19-21H2,1-4H3,(H2,31,32,33)/b27-10+. The van der Waals surface area contributed by atoms with Gasteiger partial charge in [0.05, 0.1) is 0 Å². The Bertz CT molecular complexity index is 1160. The van der Waals surface area contributed by atoms with Gasteiger partial charge in [0.1, 0.15) is 18.1 Å². The van der Waals surface area contributed by atoms with Crippen LogP contribution < -0.4 is 9.26 Å². The minimum atomic E-state index is -4.57. The van der Waals surface area contributed by atoms with Crippen LogP contribution in [0.5, 0.6) is 11.5 Å². The van der Waals surface area contributed by atoms with E-state index in [9.17, 15) is 4.57 Å². The average molecular weight is 510 g/mol. The summed E-state index contributed by atoms with van der Waals surface area (Å²) in [6, 6.07) is 23.7. The number of likely N-dealkylation sites (N-methyl/N-ethyl adjacent to an activating group) is 1. The molecule has 0 aliphatic rings. The van der Waals surface area contributed by atoms with E-state index in [2.05, 4.69) is 65.7 Å². The van der Waals surface area contributed by atoms with Gasteiger partial charge in [0.15, 0.2) is 0 Å². The van der Waals surface area contributed by atoms with Gasteiger partial charge < -0.3 is 14.2 Å². The maximum absolute atomic E-state index is 11.1. The highest BCUT2D eigenvalue weighted by Crippen LogP contribution is 2.37. The Hall–Kier alpha value is -2.89. The van der Waals surface area contributed by atoms with Crippen molar-refractivity contribution in [2.45, 2.75) is 32.6 Å². The summed E-state index contributed by atoms with van der Waals surface area (Å²) in [7, 11) is -0.523. The van der Waals surface area contributed by atoms with Crippen molar-refractivity contribution in [2.24, 2.45) is 0 Å². The van der Waals surface area contributed by atoms with Gasteiger partial charge >= 0.3 is 7.82 Å². The molecule has 36 heavy (non-hydrogen) atoms. The lowest BCUT2D eigenvalue weighted by Crippen LogP contribution is -2.19. The van der Waals surface area contributed by atoms with Crippen LogP contribution in [0, 0.1) is 0 Å². The zero-order valence-electron chi connectivity index (χ0n) is 21.4. The van der Waals surface area contributed by atoms with Crippen LogP contribution in [-0.4, -0.2) is 41.9 Å². The van der Waals surface area contributed by atoms with Gasteiger partial charge in [0.2, 0.25) is 0 Å². The number of ether oxygens (including phenoxy) is 1. The molecular weight excluding hydrogens is 473 g/mol. The largest absolute Gasteiger partial charge is 0.524 e. The molecule has 0 aliphatic heterocycles. The van der Waals surface area contributed by atoms with Crippen LogP contribution in [0.4, 0.5) is 0 Å². The van der Waals surface area contributed by atoms with Crippen molar-refractivity contribution in [3.05, 3.63) is 101 Å². The van der Waals surface area contributed by atoms with Crippen LogP contribution in [0.25, 0.3) is 5.57 Å². The van der Waals surface area contributed by atoms with E-state index < -0.39 is 7.82 Å². The summed E-state index contributed by atoms with van der Waals surface area (Å²) in [5.41, 5.74) is 5.84. The predicted octanol–water partition coefficient (Wildman–Crippen LogP) is 6.09. The summed E-state index contributed by atoms with van der Waals surface area (Å²) in [4.78, 5) is 20.1. The molecule has 0 bridgehead atoms. The van der Waals surface area contributed by atoms with Gasteiger partial charge in [-0.1, -0.05) is 68.5 Å². The molecule has 0 saturated carbocycles. The monoisotopic (exact) mass is 509 g/mol. The van der Waals surface area contributed by atoms with E-state index >= 15 is 0 Å². The molecular formula is C29H36NO5P. The summed E-state index contributed by atoms with van der Waals surface area (Å²) in [6.45, 7) is 5.89. The van der Waals surface area contributed by atoms with Crippen molar-refractivity contribution in [2.75, 3.05) is 27.2 Å². The third kappa shape index (κ3) is 9.29. The van der Waals surface area contributed by atoms with E-state index in [-0.39, 0.29) is 5.75 Å². The first kappa shape index (κ1) is 27.7. The van der Waals surface area contributed by atoms with Crippen LogP contribution in [0.15, 0.2) is 78.9 Å². The number of rotatable bonds is 12. The van der Waals surface area contributed by atoms with Crippen molar-refractivity contribution in [1.82, 2.24) is 4.90 Å². The number of phosphoric ester groups is 1. The Balaban J connectivity index is 1.77. The number of phosphoric acid groups is 1. The summed E-state index contributed by atoms with van der Waals surface area (Å²) in [6.07, 6.45) is 3.70. The quantitative estimate of drug-likeness (QED) is 0.288. The van der Waals surface area contributed by atoms with Crippen molar-refractivity contribution < 1.29 is 23.6 Å². The van der Waals surface area contributed by atoms with Crippen molar-refractivity contribution in [3.63, 3.8) is 0 Å². The molecule has 0 atom stereocenters. The maximum Gasteiger partial charge on any atom is 0.524 e. The molecule has 0 amide bonds. The Labute approximate surface area is 214 Å². The molecule has 0 fully saturated rings. The molecule has 3 aromatic rings. The van der Waals surface area contributed by atoms with Crippen LogP contribution in [0.2, 0.25) is 0 Å². The average Bonchev–Trinajstić information content (AvgIpc) is 2.82. The summed E-state index contributed by atoms with van der Waals surface area (Å²) < 4.78 is 21.6. The molecule has 3 aromatic carbocycles. The minimum Gasteiger partial charge on any atom is -0.492 e. The summed E-state index contributed by atoms with van der Waals surface area (Å²) in [5.74, 6) is 1.48. The highest BCUT2D eigenvalue weighted by molar-refractivity contribution is 7.46. The highest BCUT2D eigenvalue weighted by Gasteiger charge is 2.15. The molecule has 0 unspecified atom stereocenters. The zero-order chi connectivity index (χ0) is 26.1. The van der Waals surface area contributed by atoms with Gasteiger partial charge in [-0.15, -0.1) is 0 Å². The van der Waals surface area contributed by atoms with Crippen molar-refractivity contribution >= 4 is 13.4 Å². The second-order valence-corrected chi connectivity index (χ2v) is 10.6. The topological polar surface area (TPSA) is 79.2 Å². The zero-order valence-corrected chi connectivity index (χ0v) is 22.3. The fourth-order valence-electron chi connectivity index (χ4n) is 3.71. The summed E-state index contributed by atoms with van der Waals surface area (Å²) >= 11 is 0. The molecule has 0 aliphatic carbocycles. The smallest absolute Gasteiger partial charge is 0.492 e. The van der Waals surface area contributed by atoms with Gasteiger partial charge in [-0.3, -0.25) is 9.79 Å². The van der Waals surface area contributed by atoms with E-state index in [1.54, 1.807) is 12.1 Å². The first-order valence-corrected chi connectivity index (χ1v) is 13.6. The Morgan fingerprint density at radius 1 is 0.889 bits per heavy atom. The molecule has 7 heteroatoms. The summed E-state index contributed by atoms with van der Waals surface area (Å²) in [5, 5.41) is 0. The normalized spacial score (nSPS) is 12.3. The SMILES string of the molecule is CC(C)c1ccc(/C(=C/Cc2ccc(OCCN(C)C)cc2)Cc2ccc(OP(=O)(O)O)cc2)cc1. The lowest BCUT2D eigenvalue weighted by molar-refractivity contribution is 0.261. The van der Waals surface area contributed by atoms with E-state index in [0.29, 0.717) is 18.9 Å². The minimum absolute atomic E-state index is 0.145. The van der Waals surface area contributed by atoms with Crippen LogP contribution in [0.1, 0.15) is 42.0 Å². The fourth-order valence-corrected chi connectivity index (χ4v) is 4.10. The van der Waals surface area contributed by atoms with Crippen LogP contribution in [0.3, 0.4) is 0 Å². The van der Waals surface area contributed by atoms with Crippen LogP contribution in [-0.2, 0) is 17.4 Å². The Morgan fingerprint density at radius 2 is 1.47 bits per heavy atom. The fraction of sp³-hybridized carbons (Fsp3) is 0.310. The molecule has 0 radical (unpaired) electrons. The number of hydrogen-bond acceptors (Lipinski definition) is 4. The lowest BCUT2D eigenvalue weighted by atomic mass is 9.93. The van der Waals surface area contributed by atoms with Gasteiger partial charge in [0.25, 0.3) is 0 Å². The van der Waals surface area contributed by atoms with E-state index in [1.165, 1.54) is 16.7 Å². The Morgan fingerprint density at radius 3 is 2.03 bits per heavy atom. The third-order valence-electron chi connectivity index (χ3n) is 5.81. The molecule has 2 N–H and O–H groups in total. The van der Waals surface area contributed by atoms with Crippen molar-refractivity contribution in [1.29, 1.82) is 0 Å². The number of nitrogens with zero attached hydrogens (tertiary/aromatic N) is 1. The number of hydrogen-bond donors (Lipinski definition) is 2. The third-order valence-corrected chi connectivity index (χ3v) is 6.25. The first-order chi connectivity index (χ1) is 17.1. The van der Waals surface area contributed by atoms with Gasteiger partial charge in [-0.2, -0.15) is 0 Å². The molecule has 192 valence electrons. The van der Waals surface area contributed by atoms with Gasteiger partial charge in [0, 0.05) is 6.54 Å². The van der Waals surface area contributed by atoms with E-state index in [0.717, 1.165) is 29.8 Å². The maximum atomic E-state index is 11.1. The molecule has 0 saturated heterocycles. The van der Waals surface area contributed by atoms with E-state index in [1.807, 2.05) is 38.4 Å². The predicted molar refractivity (Wildman–Crippen MR) is 146 cm³/mol. The molecule has 3 rings (SSSR count). The van der Waals surface area contributed by atoms with Gasteiger partial charge in [-0.25, -0.2) is 4.57 Å². The second kappa shape index (κ2) is 12.9. The lowest BCUT2D eigenvalue weighted by Gasteiger charge is -2.13. The van der Waals surface area contributed by atoms with Gasteiger partial charge in [-0.05, 0) is 84.9 Å².